The third kappa shape index (κ3) is 4.55. The molecule has 5 heteroatoms. The molecule has 29 heavy (non-hydrogen) atoms. The summed E-state index contributed by atoms with van der Waals surface area (Å²) < 4.78 is 11.1. The zero-order chi connectivity index (χ0) is 20.2. The first kappa shape index (κ1) is 19.0. The normalized spacial score (nSPS) is 14.6. The van der Waals surface area contributed by atoms with Crippen molar-refractivity contribution in [1.29, 1.82) is 0 Å². The maximum absolute atomic E-state index is 12.1. The summed E-state index contributed by atoms with van der Waals surface area (Å²) in [5.41, 5.74) is 3.93. The van der Waals surface area contributed by atoms with Crippen molar-refractivity contribution >= 4 is 29.5 Å². The molecule has 0 saturated heterocycles. The number of esters is 1. The number of hydrogen-bond donors (Lipinski definition) is 0. The minimum atomic E-state index is -0.459. The molecule has 144 valence electrons. The lowest BCUT2D eigenvalue weighted by Crippen LogP contribution is -2.05. The van der Waals surface area contributed by atoms with Gasteiger partial charge in [-0.15, -0.1) is 0 Å². The molecule has 1 heterocycles. The van der Waals surface area contributed by atoms with Crippen molar-refractivity contribution in [1.82, 2.24) is 0 Å². The molecule has 1 aliphatic rings. The number of carbonyl (C=O) groups is 1. The quantitative estimate of drug-likeness (QED) is 0.413. The predicted molar refractivity (Wildman–Crippen MR) is 114 cm³/mol. The Hall–Kier alpha value is -3.37. The van der Waals surface area contributed by atoms with Crippen molar-refractivity contribution in [3.63, 3.8) is 0 Å². The molecule has 0 unspecified atom stereocenters. The molecule has 0 amide bonds. The van der Waals surface area contributed by atoms with E-state index < -0.39 is 5.97 Å². The van der Waals surface area contributed by atoms with Crippen molar-refractivity contribution in [2.45, 2.75) is 13.5 Å². The third-order valence-corrected chi connectivity index (χ3v) is 4.82. The standard InChI is InChI=1S/C24H18ClNO3/c1-16-6-10-18(11-7-16)23-26-22(24(27)29-23)14-17-8-12-20(13-9-17)28-15-19-4-2-3-5-21(19)25/h2-14H,15H2,1H3/b22-14-. The Morgan fingerprint density at radius 3 is 2.45 bits per heavy atom. The number of hydrogen-bond acceptors (Lipinski definition) is 4. The Labute approximate surface area is 174 Å². The van der Waals surface area contributed by atoms with Gasteiger partial charge in [-0.1, -0.05) is 59.6 Å². The molecular formula is C24H18ClNO3. The molecule has 0 atom stereocenters. The average molecular weight is 404 g/mol. The molecule has 0 aliphatic carbocycles. The van der Waals surface area contributed by atoms with E-state index in [0.29, 0.717) is 23.3 Å². The summed E-state index contributed by atoms with van der Waals surface area (Å²) in [7, 11) is 0. The smallest absolute Gasteiger partial charge is 0.363 e. The van der Waals surface area contributed by atoms with Gasteiger partial charge in [0.1, 0.15) is 12.4 Å². The number of aryl methyl sites for hydroxylation is 1. The number of carbonyl (C=O) groups excluding carboxylic acids is 1. The zero-order valence-electron chi connectivity index (χ0n) is 15.8. The van der Waals surface area contributed by atoms with Crippen LogP contribution in [0.4, 0.5) is 0 Å². The van der Waals surface area contributed by atoms with Crippen LogP contribution in [0.15, 0.2) is 83.5 Å². The molecule has 0 spiro atoms. The van der Waals surface area contributed by atoms with Crippen molar-refractivity contribution in [3.8, 4) is 5.75 Å². The summed E-state index contributed by atoms with van der Waals surface area (Å²) in [5.74, 6) is 0.575. The van der Waals surface area contributed by atoms with Gasteiger partial charge in [0, 0.05) is 16.1 Å². The number of ether oxygens (including phenoxy) is 2. The van der Waals surface area contributed by atoms with Gasteiger partial charge in [-0.3, -0.25) is 0 Å². The highest BCUT2D eigenvalue weighted by Gasteiger charge is 2.23. The molecule has 3 aromatic carbocycles. The number of rotatable bonds is 5. The Kier molecular flexibility index (Phi) is 5.45. The maximum atomic E-state index is 12.1. The number of aliphatic imine (C=N–C) groups is 1. The minimum Gasteiger partial charge on any atom is -0.489 e. The molecule has 0 radical (unpaired) electrons. The lowest BCUT2D eigenvalue weighted by atomic mass is 10.1. The van der Waals surface area contributed by atoms with E-state index in [1.165, 1.54) is 0 Å². The van der Waals surface area contributed by atoms with Gasteiger partial charge in [-0.25, -0.2) is 9.79 Å². The van der Waals surface area contributed by atoms with Crippen molar-refractivity contribution in [2.75, 3.05) is 0 Å². The molecule has 0 aromatic heterocycles. The van der Waals surface area contributed by atoms with E-state index in [4.69, 9.17) is 21.1 Å². The van der Waals surface area contributed by atoms with Gasteiger partial charge in [-0.05, 0) is 48.9 Å². The fraction of sp³-hybridized carbons (Fsp3) is 0.0833. The van der Waals surface area contributed by atoms with Crippen LogP contribution in [0.3, 0.4) is 0 Å². The third-order valence-electron chi connectivity index (χ3n) is 4.45. The Morgan fingerprint density at radius 1 is 1.00 bits per heavy atom. The lowest BCUT2D eigenvalue weighted by Gasteiger charge is -2.07. The van der Waals surface area contributed by atoms with E-state index in [-0.39, 0.29) is 5.70 Å². The summed E-state index contributed by atoms with van der Waals surface area (Å²) in [6.07, 6.45) is 1.70. The predicted octanol–water partition coefficient (Wildman–Crippen LogP) is 5.57. The fourth-order valence-corrected chi connectivity index (χ4v) is 3.01. The van der Waals surface area contributed by atoms with Crippen molar-refractivity contribution < 1.29 is 14.3 Å². The van der Waals surface area contributed by atoms with Crippen LogP contribution in [0.2, 0.25) is 5.02 Å². The summed E-state index contributed by atoms with van der Waals surface area (Å²) >= 11 is 6.14. The molecule has 0 bridgehead atoms. The molecule has 0 N–H and O–H groups in total. The lowest BCUT2D eigenvalue weighted by molar-refractivity contribution is -0.129. The average Bonchev–Trinajstić information content (AvgIpc) is 3.09. The van der Waals surface area contributed by atoms with E-state index in [0.717, 1.165) is 22.3 Å². The van der Waals surface area contributed by atoms with E-state index in [2.05, 4.69) is 4.99 Å². The first-order valence-electron chi connectivity index (χ1n) is 9.14. The Bertz CT molecular complexity index is 1100. The SMILES string of the molecule is Cc1ccc(C2=N/C(=C\c3ccc(OCc4ccccc4Cl)cc3)C(=O)O2)cc1. The van der Waals surface area contributed by atoms with Gasteiger partial charge in [0.15, 0.2) is 5.70 Å². The van der Waals surface area contributed by atoms with Crippen LogP contribution in [-0.2, 0) is 16.1 Å². The number of nitrogens with zero attached hydrogens (tertiary/aromatic N) is 1. The highest BCUT2D eigenvalue weighted by molar-refractivity contribution is 6.31. The highest BCUT2D eigenvalue weighted by Crippen LogP contribution is 2.22. The van der Waals surface area contributed by atoms with Crippen LogP contribution >= 0.6 is 11.6 Å². The van der Waals surface area contributed by atoms with Gasteiger partial charge >= 0.3 is 5.97 Å². The molecule has 1 aliphatic heterocycles. The summed E-state index contributed by atoms with van der Waals surface area (Å²) in [6.45, 7) is 2.38. The Balaban J connectivity index is 1.46. The Morgan fingerprint density at radius 2 is 1.72 bits per heavy atom. The fourth-order valence-electron chi connectivity index (χ4n) is 2.82. The van der Waals surface area contributed by atoms with Crippen LogP contribution in [0, 0.1) is 6.92 Å². The van der Waals surface area contributed by atoms with Crippen LogP contribution in [0.1, 0.15) is 22.3 Å². The number of benzene rings is 3. The molecule has 4 nitrogen and oxygen atoms in total. The monoisotopic (exact) mass is 403 g/mol. The van der Waals surface area contributed by atoms with E-state index in [1.54, 1.807) is 6.08 Å². The van der Waals surface area contributed by atoms with Crippen LogP contribution in [0.25, 0.3) is 6.08 Å². The van der Waals surface area contributed by atoms with Gasteiger partial charge in [-0.2, -0.15) is 0 Å². The second-order valence-corrected chi connectivity index (χ2v) is 7.06. The first-order valence-corrected chi connectivity index (χ1v) is 9.52. The largest absolute Gasteiger partial charge is 0.489 e. The first-order chi connectivity index (χ1) is 14.1. The van der Waals surface area contributed by atoms with E-state index in [1.807, 2.05) is 79.7 Å². The van der Waals surface area contributed by atoms with E-state index in [9.17, 15) is 4.79 Å². The second kappa shape index (κ2) is 8.33. The zero-order valence-corrected chi connectivity index (χ0v) is 16.5. The summed E-state index contributed by atoms with van der Waals surface area (Å²) in [4.78, 5) is 16.5. The molecular weight excluding hydrogens is 386 g/mol. The molecule has 3 aromatic rings. The van der Waals surface area contributed by atoms with Crippen molar-refractivity contribution in [2.24, 2.45) is 4.99 Å². The van der Waals surface area contributed by atoms with Crippen LogP contribution in [0.5, 0.6) is 5.75 Å². The molecule has 0 saturated carbocycles. The number of cyclic esters (lactones) is 1. The number of halogens is 1. The van der Waals surface area contributed by atoms with Gasteiger partial charge in [0.05, 0.1) is 0 Å². The minimum absolute atomic E-state index is 0.269. The maximum Gasteiger partial charge on any atom is 0.363 e. The van der Waals surface area contributed by atoms with Crippen LogP contribution in [-0.4, -0.2) is 11.9 Å². The molecule has 0 fully saturated rings. The van der Waals surface area contributed by atoms with Crippen LogP contribution < -0.4 is 4.74 Å². The van der Waals surface area contributed by atoms with Gasteiger partial charge in [0.2, 0.25) is 5.90 Å². The second-order valence-electron chi connectivity index (χ2n) is 6.65. The summed E-state index contributed by atoms with van der Waals surface area (Å²) in [6, 6.07) is 22.7. The topological polar surface area (TPSA) is 47.9 Å². The van der Waals surface area contributed by atoms with E-state index >= 15 is 0 Å². The van der Waals surface area contributed by atoms with Gasteiger partial charge < -0.3 is 9.47 Å². The highest BCUT2D eigenvalue weighted by atomic mass is 35.5. The molecule has 4 rings (SSSR count). The van der Waals surface area contributed by atoms with Gasteiger partial charge in [0.25, 0.3) is 0 Å². The summed E-state index contributed by atoms with van der Waals surface area (Å²) in [5, 5.41) is 0.677. The van der Waals surface area contributed by atoms with Crippen molar-refractivity contribution in [3.05, 3.63) is 106 Å².